The van der Waals surface area contributed by atoms with Crippen LogP contribution in [0, 0.1) is 5.41 Å². The van der Waals surface area contributed by atoms with Crippen molar-refractivity contribution in [3.63, 3.8) is 0 Å². The molecular weight excluding hydrogens is 341 g/mol. The Kier molecular flexibility index (Phi) is 9.45. The van der Waals surface area contributed by atoms with Crippen LogP contribution in [0.25, 0.3) is 0 Å². The lowest BCUT2D eigenvalue weighted by Gasteiger charge is -2.18. The van der Waals surface area contributed by atoms with E-state index in [-0.39, 0.29) is 24.0 Å². The second kappa shape index (κ2) is 9.61. The molecule has 0 unspecified atom stereocenters. The van der Waals surface area contributed by atoms with Gasteiger partial charge < -0.3 is 15.4 Å². The number of rotatable bonds is 8. The van der Waals surface area contributed by atoms with Crippen LogP contribution in [-0.4, -0.2) is 39.3 Å². The lowest BCUT2D eigenvalue weighted by molar-refractivity contribution is 0.128. The predicted octanol–water partition coefficient (Wildman–Crippen LogP) is 2.16. The summed E-state index contributed by atoms with van der Waals surface area (Å²) < 4.78 is 5.42. The highest BCUT2D eigenvalue weighted by atomic mass is 127. The smallest absolute Gasteiger partial charge is 0.191 e. The fourth-order valence-electron chi connectivity index (χ4n) is 1.79. The van der Waals surface area contributed by atoms with Crippen molar-refractivity contribution in [2.24, 2.45) is 10.4 Å². The summed E-state index contributed by atoms with van der Waals surface area (Å²) in [6.07, 6.45) is 5.57. The van der Waals surface area contributed by atoms with Crippen LogP contribution in [-0.2, 0) is 4.74 Å². The van der Waals surface area contributed by atoms with Gasteiger partial charge in [-0.15, -0.1) is 30.6 Å². The van der Waals surface area contributed by atoms with Crippen molar-refractivity contribution in [3.8, 4) is 0 Å². The molecule has 0 spiro atoms. The van der Waals surface area contributed by atoms with Crippen LogP contribution in [0.2, 0.25) is 0 Å². The zero-order valence-corrected chi connectivity index (χ0v) is 13.8. The molecule has 18 heavy (non-hydrogen) atoms. The minimum Gasteiger partial charge on any atom is -0.382 e. The van der Waals surface area contributed by atoms with Gasteiger partial charge in [0.1, 0.15) is 0 Å². The fraction of sp³-hybridized carbons (Fsp3) is 0.769. The Balaban J connectivity index is 0.00000289. The molecule has 0 aromatic heterocycles. The lowest BCUT2D eigenvalue weighted by atomic mass is 10.0. The van der Waals surface area contributed by atoms with Crippen LogP contribution in [0.1, 0.15) is 26.2 Å². The molecule has 0 atom stereocenters. The third kappa shape index (κ3) is 6.58. The van der Waals surface area contributed by atoms with Crippen LogP contribution in [0.4, 0.5) is 0 Å². The van der Waals surface area contributed by atoms with E-state index >= 15 is 0 Å². The molecule has 106 valence electrons. The topological polar surface area (TPSA) is 45.7 Å². The van der Waals surface area contributed by atoms with Gasteiger partial charge in [-0.05, 0) is 31.6 Å². The Labute approximate surface area is 128 Å². The minimum absolute atomic E-state index is 0. The van der Waals surface area contributed by atoms with E-state index < -0.39 is 0 Å². The Bertz CT molecular complexity index is 265. The second-order valence-electron chi connectivity index (χ2n) is 4.54. The average molecular weight is 367 g/mol. The number of halogens is 1. The maximum absolute atomic E-state index is 5.42. The molecular formula is C13H26IN3O. The van der Waals surface area contributed by atoms with Crippen molar-refractivity contribution in [2.45, 2.75) is 26.2 Å². The number of nitrogens with zero attached hydrogens (tertiary/aromatic N) is 1. The van der Waals surface area contributed by atoms with E-state index in [4.69, 9.17) is 4.74 Å². The number of ether oxygens (including phenoxy) is 1. The second-order valence-corrected chi connectivity index (χ2v) is 4.54. The predicted molar refractivity (Wildman–Crippen MR) is 87.8 cm³/mol. The summed E-state index contributed by atoms with van der Waals surface area (Å²) in [6, 6.07) is 0. The van der Waals surface area contributed by atoms with Crippen molar-refractivity contribution >= 4 is 29.9 Å². The number of aliphatic imine (C=N–C) groups is 1. The van der Waals surface area contributed by atoms with E-state index in [1.165, 1.54) is 12.8 Å². The summed E-state index contributed by atoms with van der Waals surface area (Å²) in [5, 5.41) is 6.55. The van der Waals surface area contributed by atoms with Crippen molar-refractivity contribution in [2.75, 3.05) is 33.4 Å². The van der Waals surface area contributed by atoms with Gasteiger partial charge in [0.05, 0.1) is 0 Å². The number of guanidine groups is 1. The summed E-state index contributed by atoms with van der Waals surface area (Å²) >= 11 is 0. The molecule has 1 aliphatic rings. The molecule has 0 amide bonds. The van der Waals surface area contributed by atoms with E-state index in [1.807, 2.05) is 13.0 Å². The maximum atomic E-state index is 5.42. The van der Waals surface area contributed by atoms with Gasteiger partial charge >= 0.3 is 0 Å². The fourth-order valence-corrected chi connectivity index (χ4v) is 1.79. The first-order valence-corrected chi connectivity index (χ1v) is 6.39. The molecule has 2 N–H and O–H groups in total. The molecule has 0 aliphatic heterocycles. The van der Waals surface area contributed by atoms with Gasteiger partial charge in [-0.25, -0.2) is 0 Å². The van der Waals surface area contributed by atoms with Gasteiger partial charge in [-0.1, -0.05) is 6.08 Å². The van der Waals surface area contributed by atoms with E-state index in [0.29, 0.717) is 5.41 Å². The van der Waals surface area contributed by atoms with Crippen LogP contribution in [0.3, 0.4) is 0 Å². The largest absolute Gasteiger partial charge is 0.382 e. The highest BCUT2D eigenvalue weighted by molar-refractivity contribution is 14.0. The van der Waals surface area contributed by atoms with Gasteiger partial charge in [0, 0.05) is 33.4 Å². The van der Waals surface area contributed by atoms with Crippen molar-refractivity contribution in [1.29, 1.82) is 0 Å². The lowest BCUT2D eigenvalue weighted by Crippen LogP contribution is -2.40. The summed E-state index contributed by atoms with van der Waals surface area (Å²) in [4.78, 5) is 4.17. The van der Waals surface area contributed by atoms with Crippen LogP contribution in [0.15, 0.2) is 17.6 Å². The Hall–Kier alpha value is -0.300. The molecule has 1 aliphatic carbocycles. The van der Waals surface area contributed by atoms with E-state index in [2.05, 4.69) is 22.2 Å². The third-order valence-corrected chi connectivity index (χ3v) is 3.21. The number of hydrogen-bond donors (Lipinski definition) is 2. The third-order valence-electron chi connectivity index (χ3n) is 3.21. The zero-order valence-electron chi connectivity index (χ0n) is 11.5. The first kappa shape index (κ1) is 17.7. The average Bonchev–Trinajstić information content (AvgIpc) is 3.10. The Morgan fingerprint density at radius 2 is 2.17 bits per heavy atom. The normalized spacial score (nSPS) is 16.7. The SMILES string of the molecule is C=CCNC(=NC)NCC1(CCOCC)CC1.I. The molecule has 1 fully saturated rings. The highest BCUT2D eigenvalue weighted by Gasteiger charge is 2.41. The molecule has 0 heterocycles. The van der Waals surface area contributed by atoms with Crippen LogP contribution >= 0.6 is 24.0 Å². The van der Waals surface area contributed by atoms with Crippen LogP contribution in [0.5, 0.6) is 0 Å². The van der Waals surface area contributed by atoms with E-state index in [9.17, 15) is 0 Å². The van der Waals surface area contributed by atoms with Gasteiger partial charge in [0.25, 0.3) is 0 Å². The van der Waals surface area contributed by atoms with Crippen molar-refractivity contribution in [1.82, 2.24) is 10.6 Å². The van der Waals surface area contributed by atoms with E-state index in [1.54, 1.807) is 7.05 Å². The van der Waals surface area contributed by atoms with Gasteiger partial charge in [0.2, 0.25) is 0 Å². The van der Waals surface area contributed by atoms with Crippen LogP contribution < -0.4 is 10.6 Å². The monoisotopic (exact) mass is 367 g/mol. The quantitative estimate of drug-likeness (QED) is 0.227. The molecule has 1 rings (SSSR count). The summed E-state index contributed by atoms with van der Waals surface area (Å²) in [5.41, 5.74) is 0.445. The highest BCUT2D eigenvalue weighted by Crippen LogP contribution is 2.48. The molecule has 0 bridgehead atoms. The van der Waals surface area contributed by atoms with Crippen molar-refractivity contribution < 1.29 is 4.74 Å². The molecule has 1 saturated carbocycles. The molecule has 5 heteroatoms. The molecule has 0 aromatic carbocycles. The number of hydrogen-bond acceptors (Lipinski definition) is 2. The molecule has 0 saturated heterocycles. The first-order chi connectivity index (χ1) is 8.26. The van der Waals surface area contributed by atoms with Gasteiger partial charge in [0.15, 0.2) is 5.96 Å². The summed E-state index contributed by atoms with van der Waals surface area (Å²) in [6.45, 7) is 9.12. The Morgan fingerprint density at radius 3 is 2.67 bits per heavy atom. The Morgan fingerprint density at radius 1 is 1.44 bits per heavy atom. The molecule has 0 radical (unpaired) electrons. The standard InChI is InChI=1S/C13H25N3O.HI/c1-4-9-15-12(14-3)16-11-13(6-7-13)8-10-17-5-2;/h4H,1,5-11H2,2-3H3,(H2,14,15,16);1H. The molecule has 0 aromatic rings. The summed E-state index contributed by atoms with van der Waals surface area (Å²) in [7, 11) is 1.79. The maximum Gasteiger partial charge on any atom is 0.191 e. The molecule has 4 nitrogen and oxygen atoms in total. The summed E-state index contributed by atoms with van der Waals surface area (Å²) in [5.74, 6) is 0.854. The zero-order chi connectivity index (χ0) is 12.6. The van der Waals surface area contributed by atoms with Gasteiger partial charge in [-0.2, -0.15) is 0 Å². The van der Waals surface area contributed by atoms with E-state index in [0.717, 1.165) is 38.7 Å². The van der Waals surface area contributed by atoms with Crippen molar-refractivity contribution in [3.05, 3.63) is 12.7 Å². The minimum atomic E-state index is 0. The first-order valence-electron chi connectivity index (χ1n) is 6.39. The number of nitrogens with one attached hydrogen (secondary N) is 2. The van der Waals surface area contributed by atoms with Gasteiger partial charge in [-0.3, -0.25) is 4.99 Å².